The monoisotopic (exact) mass is 403 g/mol. The zero-order valence-corrected chi connectivity index (χ0v) is 17.0. The van der Waals surface area contributed by atoms with E-state index in [4.69, 9.17) is 9.41 Å². The highest BCUT2D eigenvalue weighted by Gasteiger charge is 2.18. The van der Waals surface area contributed by atoms with E-state index in [2.05, 4.69) is 6.58 Å². The molecule has 0 spiro atoms. The summed E-state index contributed by atoms with van der Waals surface area (Å²) in [6, 6.07) is 8.70. The lowest BCUT2D eigenvalue weighted by molar-refractivity contribution is 0.521. The second-order valence-electron chi connectivity index (χ2n) is 6.13. The van der Waals surface area contributed by atoms with Crippen LogP contribution in [0, 0.1) is 6.92 Å². The quantitative estimate of drug-likeness (QED) is 0.588. The summed E-state index contributed by atoms with van der Waals surface area (Å²) in [4.78, 5) is 5.69. The Bertz CT molecular complexity index is 1120. The van der Waals surface area contributed by atoms with Gasteiger partial charge in [-0.3, -0.25) is 0 Å². The second-order valence-corrected chi connectivity index (χ2v) is 9.12. The number of thiazole rings is 1. The largest absolute Gasteiger partial charge is 0.463 e. The molecule has 0 unspecified atom stereocenters. The number of aryl methyl sites for hydroxylation is 1. The summed E-state index contributed by atoms with van der Waals surface area (Å²) in [5.74, 6) is 0.746. The molecule has 142 valence electrons. The van der Waals surface area contributed by atoms with Crippen molar-refractivity contribution in [2.24, 2.45) is 4.99 Å². The van der Waals surface area contributed by atoms with E-state index < -0.39 is 10.0 Å². The molecule has 0 bridgehead atoms. The number of nitrogens with zero attached hydrogens (tertiary/aromatic N) is 3. The second kappa shape index (κ2) is 7.67. The number of rotatable bonds is 6. The van der Waals surface area contributed by atoms with E-state index in [1.165, 1.54) is 29.7 Å². The topological polar surface area (TPSA) is 67.8 Å². The minimum absolute atomic E-state index is 0.218. The van der Waals surface area contributed by atoms with E-state index in [1.807, 2.05) is 29.0 Å². The average Bonchev–Trinajstić information content (AvgIpc) is 3.27. The van der Waals surface area contributed by atoms with E-state index in [-0.39, 0.29) is 4.90 Å². The molecule has 0 saturated heterocycles. The highest BCUT2D eigenvalue weighted by molar-refractivity contribution is 7.89. The first-order valence-electron chi connectivity index (χ1n) is 8.25. The van der Waals surface area contributed by atoms with Crippen molar-refractivity contribution in [1.82, 2.24) is 8.87 Å². The fraction of sp³-hybridized carbons (Fsp3) is 0.211. The summed E-state index contributed by atoms with van der Waals surface area (Å²) < 4.78 is 33.6. The number of aromatic nitrogens is 1. The average molecular weight is 404 g/mol. The number of benzene rings is 1. The van der Waals surface area contributed by atoms with Crippen LogP contribution in [0.2, 0.25) is 0 Å². The summed E-state index contributed by atoms with van der Waals surface area (Å²) in [5.41, 5.74) is 2.41. The molecule has 2 heterocycles. The zero-order valence-electron chi connectivity index (χ0n) is 15.4. The van der Waals surface area contributed by atoms with Gasteiger partial charge in [-0.25, -0.2) is 17.7 Å². The van der Waals surface area contributed by atoms with Crippen LogP contribution < -0.4 is 4.80 Å². The molecule has 0 amide bonds. The lowest BCUT2D eigenvalue weighted by Crippen LogP contribution is -2.22. The maximum atomic E-state index is 12.4. The van der Waals surface area contributed by atoms with E-state index in [0.29, 0.717) is 12.2 Å². The molecule has 0 fully saturated rings. The van der Waals surface area contributed by atoms with Crippen molar-refractivity contribution in [2.75, 3.05) is 14.1 Å². The van der Waals surface area contributed by atoms with Gasteiger partial charge in [0.15, 0.2) is 10.6 Å². The smallest absolute Gasteiger partial charge is 0.242 e. The van der Waals surface area contributed by atoms with Crippen LogP contribution in [-0.2, 0) is 16.6 Å². The van der Waals surface area contributed by atoms with Crippen LogP contribution in [0.3, 0.4) is 0 Å². The van der Waals surface area contributed by atoms with Gasteiger partial charge in [-0.05, 0) is 36.8 Å². The van der Waals surface area contributed by atoms with Gasteiger partial charge in [-0.1, -0.05) is 12.1 Å². The van der Waals surface area contributed by atoms with Crippen LogP contribution in [-0.4, -0.2) is 31.4 Å². The Labute approximate surface area is 162 Å². The lowest BCUT2D eigenvalue weighted by Gasteiger charge is -2.12. The van der Waals surface area contributed by atoms with Crippen LogP contribution in [0.25, 0.3) is 11.5 Å². The van der Waals surface area contributed by atoms with Gasteiger partial charge in [0.1, 0.15) is 0 Å². The first kappa shape index (κ1) is 19.3. The van der Waals surface area contributed by atoms with Crippen LogP contribution in [0.5, 0.6) is 0 Å². The molecular weight excluding hydrogens is 382 g/mol. The molecule has 6 nitrogen and oxygen atoms in total. The summed E-state index contributed by atoms with van der Waals surface area (Å²) in [6.07, 6.45) is 3.42. The van der Waals surface area contributed by atoms with Crippen molar-refractivity contribution in [3.63, 3.8) is 0 Å². The lowest BCUT2D eigenvalue weighted by atomic mass is 10.2. The number of hydrogen-bond donors (Lipinski definition) is 0. The zero-order chi connectivity index (χ0) is 19.6. The van der Waals surface area contributed by atoms with Gasteiger partial charge in [0.25, 0.3) is 0 Å². The molecule has 3 aromatic rings. The molecule has 3 rings (SSSR count). The molecule has 0 N–H and O–H groups in total. The Morgan fingerprint density at radius 2 is 2.11 bits per heavy atom. The summed E-state index contributed by atoms with van der Waals surface area (Å²) in [7, 11) is -0.495. The number of allylic oxidation sites excluding steroid dienone is 1. The molecule has 8 heteroatoms. The maximum absolute atomic E-state index is 12.4. The fourth-order valence-electron chi connectivity index (χ4n) is 2.53. The Balaban J connectivity index is 2.16. The van der Waals surface area contributed by atoms with E-state index >= 15 is 0 Å². The van der Waals surface area contributed by atoms with Crippen molar-refractivity contribution in [1.29, 1.82) is 0 Å². The highest BCUT2D eigenvalue weighted by Crippen LogP contribution is 2.25. The van der Waals surface area contributed by atoms with Gasteiger partial charge in [0, 0.05) is 26.0 Å². The molecule has 1 aromatic carbocycles. The Hall–Kier alpha value is -2.42. The molecule has 0 atom stereocenters. The van der Waals surface area contributed by atoms with E-state index in [1.54, 1.807) is 30.5 Å². The predicted molar refractivity (Wildman–Crippen MR) is 107 cm³/mol. The number of hydrogen-bond acceptors (Lipinski definition) is 5. The number of furan rings is 1. The first-order chi connectivity index (χ1) is 12.8. The van der Waals surface area contributed by atoms with Gasteiger partial charge >= 0.3 is 0 Å². The minimum Gasteiger partial charge on any atom is -0.463 e. The Morgan fingerprint density at radius 3 is 2.74 bits per heavy atom. The third kappa shape index (κ3) is 3.83. The van der Waals surface area contributed by atoms with Crippen LogP contribution in [0.4, 0.5) is 5.69 Å². The molecule has 0 aliphatic heterocycles. The Morgan fingerprint density at radius 1 is 1.33 bits per heavy atom. The SMILES string of the molecule is C=CCn1c(-c2ccco2)csc1=Nc1cc(S(=O)(=O)N(C)C)ccc1C. The van der Waals surface area contributed by atoms with Gasteiger partial charge < -0.3 is 8.98 Å². The van der Waals surface area contributed by atoms with E-state index in [9.17, 15) is 8.42 Å². The van der Waals surface area contributed by atoms with Gasteiger partial charge in [0.05, 0.1) is 22.5 Å². The third-order valence-corrected chi connectivity index (χ3v) is 6.73. The van der Waals surface area contributed by atoms with Gasteiger partial charge in [-0.15, -0.1) is 17.9 Å². The number of sulfonamides is 1. The normalized spacial score (nSPS) is 12.7. The van der Waals surface area contributed by atoms with Crippen LogP contribution >= 0.6 is 11.3 Å². The minimum atomic E-state index is -3.52. The highest BCUT2D eigenvalue weighted by atomic mass is 32.2. The predicted octanol–water partition coefficient (Wildman–Crippen LogP) is 3.79. The Kier molecular flexibility index (Phi) is 5.50. The molecule has 2 aromatic heterocycles. The summed E-state index contributed by atoms with van der Waals surface area (Å²) in [5, 5.41) is 1.97. The summed E-state index contributed by atoms with van der Waals surface area (Å²) >= 11 is 1.47. The van der Waals surface area contributed by atoms with Crippen LogP contribution in [0.15, 0.2) is 68.9 Å². The van der Waals surface area contributed by atoms with Crippen LogP contribution in [0.1, 0.15) is 5.56 Å². The molecule has 0 aliphatic rings. The standard InChI is InChI=1S/C19H21N3O3S2/c1-5-10-22-17(18-7-6-11-25-18)13-26-19(22)20-16-12-15(9-8-14(16)2)27(23,24)21(3)4/h5-9,11-13H,1,10H2,2-4H3. The van der Waals surface area contributed by atoms with Gasteiger partial charge in [0.2, 0.25) is 10.0 Å². The first-order valence-corrected chi connectivity index (χ1v) is 10.6. The van der Waals surface area contributed by atoms with E-state index in [0.717, 1.165) is 21.8 Å². The van der Waals surface area contributed by atoms with Crippen molar-refractivity contribution < 1.29 is 12.8 Å². The van der Waals surface area contributed by atoms with Gasteiger partial charge in [-0.2, -0.15) is 0 Å². The summed E-state index contributed by atoms with van der Waals surface area (Å²) in [6.45, 7) is 6.29. The molecule has 0 radical (unpaired) electrons. The molecule has 0 saturated carbocycles. The van der Waals surface area contributed by atoms with Crippen molar-refractivity contribution in [3.8, 4) is 11.5 Å². The fourth-order valence-corrected chi connectivity index (χ4v) is 4.36. The van der Waals surface area contributed by atoms with Crippen molar-refractivity contribution >= 4 is 27.0 Å². The maximum Gasteiger partial charge on any atom is 0.242 e. The molecular formula is C19H21N3O3S2. The van der Waals surface area contributed by atoms with Crippen molar-refractivity contribution in [2.45, 2.75) is 18.4 Å². The molecule has 27 heavy (non-hydrogen) atoms. The molecule has 0 aliphatic carbocycles. The van der Waals surface area contributed by atoms with Crippen molar-refractivity contribution in [3.05, 3.63) is 65.0 Å². The third-order valence-electron chi connectivity index (χ3n) is 4.06.